The van der Waals surface area contributed by atoms with E-state index in [1.165, 1.54) is 122 Å². The standard InChI is InChI=1S/C39H70O6/c1-3-5-7-9-16-22-36-32(20-14-6-4-2)26-27-33(21-15-12-13-19-25-39(41)45-31-35-29-43-35)37(36)23-17-10-8-11-18-24-38(40)44-30-34-28-42-34/h32-37H,3-31H2,1-2H3. The van der Waals surface area contributed by atoms with Crippen molar-refractivity contribution in [1.29, 1.82) is 0 Å². The van der Waals surface area contributed by atoms with Crippen molar-refractivity contribution in [2.24, 2.45) is 23.7 Å². The molecule has 0 radical (unpaired) electrons. The first-order chi connectivity index (χ1) is 22.1. The van der Waals surface area contributed by atoms with Gasteiger partial charge in [0, 0.05) is 12.8 Å². The van der Waals surface area contributed by atoms with Gasteiger partial charge in [-0.3, -0.25) is 9.59 Å². The van der Waals surface area contributed by atoms with Crippen LogP contribution < -0.4 is 0 Å². The Bertz CT molecular complexity index is 763. The van der Waals surface area contributed by atoms with Crippen LogP contribution in [0.3, 0.4) is 0 Å². The Morgan fingerprint density at radius 2 is 0.867 bits per heavy atom. The lowest BCUT2D eigenvalue weighted by molar-refractivity contribution is -0.145. The highest BCUT2D eigenvalue weighted by atomic mass is 16.6. The van der Waals surface area contributed by atoms with Crippen molar-refractivity contribution in [2.75, 3.05) is 26.4 Å². The molecule has 3 fully saturated rings. The highest BCUT2D eigenvalue weighted by Crippen LogP contribution is 2.47. The van der Waals surface area contributed by atoms with Gasteiger partial charge in [0.2, 0.25) is 0 Å². The van der Waals surface area contributed by atoms with E-state index >= 15 is 0 Å². The van der Waals surface area contributed by atoms with Crippen LogP contribution in [-0.4, -0.2) is 50.6 Å². The number of ether oxygens (including phenoxy) is 4. The molecule has 1 saturated carbocycles. The van der Waals surface area contributed by atoms with Crippen molar-refractivity contribution in [3.05, 3.63) is 0 Å². The number of hydrogen-bond acceptors (Lipinski definition) is 6. The second-order valence-corrected chi connectivity index (χ2v) is 14.7. The van der Waals surface area contributed by atoms with E-state index in [-0.39, 0.29) is 24.1 Å². The SMILES string of the molecule is CCCCCCCC1C(CCCCC)CCC(CCCCCCC(=O)OCC2CO2)C1CCCCCCCC(=O)OCC1CO1. The van der Waals surface area contributed by atoms with Gasteiger partial charge in [-0.15, -0.1) is 0 Å². The van der Waals surface area contributed by atoms with Crippen LogP contribution in [0.1, 0.15) is 174 Å². The second-order valence-electron chi connectivity index (χ2n) is 14.7. The van der Waals surface area contributed by atoms with Crippen LogP contribution in [0, 0.1) is 23.7 Å². The number of hydrogen-bond donors (Lipinski definition) is 0. The molecule has 2 heterocycles. The number of unbranched alkanes of at least 4 members (excludes halogenated alkanes) is 13. The fourth-order valence-corrected chi connectivity index (χ4v) is 7.87. The van der Waals surface area contributed by atoms with E-state index in [1.54, 1.807) is 0 Å². The third-order valence-electron chi connectivity index (χ3n) is 10.8. The molecule has 0 bridgehead atoms. The highest BCUT2D eigenvalue weighted by Gasteiger charge is 2.37. The Hall–Kier alpha value is -1.14. The maximum atomic E-state index is 12.0. The van der Waals surface area contributed by atoms with Crippen LogP contribution in [0.25, 0.3) is 0 Å². The van der Waals surface area contributed by atoms with E-state index in [2.05, 4.69) is 13.8 Å². The minimum absolute atomic E-state index is 0.0580. The summed E-state index contributed by atoms with van der Waals surface area (Å²) in [4.78, 5) is 23.9. The third-order valence-corrected chi connectivity index (χ3v) is 10.8. The zero-order valence-electron chi connectivity index (χ0n) is 29.4. The van der Waals surface area contributed by atoms with Gasteiger partial charge in [-0.1, -0.05) is 123 Å². The number of epoxide rings is 2. The van der Waals surface area contributed by atoms with Gasteiger partial charge in [-0.25, -0.2) is 0 Å². The molecule has 2 aliphatic heterocycles. The van der Waals surface area contributed by atoms with E-state index in [1.807, 2.05) is 0 Å². The molecular weight excluding hydrogens is 564 g/mol. The largest absolute Gasteiger partial charge is 0.463 e. The van der Waals surface area contributed by atoms with Gasteiger partial charge in [-0.2, -0.15) is 0 Å². The number of rotatable bonds is 29. The summed E-state index contributed by atoms with van der Waals surface area (Å²) in [5, 5.41) is 0. The predicted octanol–water partition coefficient (Wildman–Crippen LogP) is 10.1. The average molecular weight is 635 g/mol. The van der Waals surface area contributed by atoms with E-state index in [9.17, 15) is 9.59 Å². The lowest BCUT2D eigenvalue weighted by Crippen LogP contribution is -2.35. The molecule has 45 heavy (non-hydrogen) atoms. The molecule has 3 aliphatic rings. The van der Waals surface area contributed by atoms with E-state index in [0.29, 0.717) is 26.1 Å². The smallest absolute Gasteiger partial charge is 0.305 e. The lowest BCUT2D eigenvalue weighted by Gasteiger charge is -2.44. The summed E-state index contributed by atoms with van der Waals surface area (Å²) >= 11 is 0. The van der Waals surface area contributed by atoms with Crippen LogP contribution in [0.2, 0.25) is 0 Å². The van der Waals surface area contributed by atoms with Gasteiger partial charge in [0.15, 0.2) is 0 Å². The first-order valence-corrected chi connectivity index (χ1v) is 19.6. The monoisotopic (exact) mass is 635 g/mol. The van der Waals surface area contributed by atoms with Crippen LogP contribution in [0.4, 0.5) is 0 Å². The van der Waals surface area contributed by atoms with Crippen molar-refractivity contribution in [2.45, 2.75) is 187 Å². The maximum Gasteiger partial charge on any atom is 0.305 e. The molecule has 1 aliphatic carbocycles. The average Bonchev–Trinajstić information content (AvgIpc) is 3.97. The van der Waals surface area contributed by atoms with Crippen LogP contribution in [0.5, 0.6) is 0 Å². The summed E-state index contributed by atoms with van der Waals surface area (Å²) in [5.74, 6) is 3.49. The number of esters is 2. The van der Waals surface area contributed by atoms with Crippen molar-refractivity contribution >= 4 is 11.9 Å². The van der Waals surface area contributed by atoms with E-state index in [0.717, 1.165) is 62.6 Å². The van der Waals surface area contributed by atoms with E-state index in [4.69, 9.17) is 18.9 Å². The molecule has 6 atom stereocenters. The Morgan fingerprint density at radius 1 is 0.511 bits per heavy atom. The highest BCUT2D eigenvalue weighted by molar-refractivity contribution is 5.69. The molecule has 0 aromatic rings. The summed E-state index contributed by atoms with van der Waals surface area (Å²) in [6.07, 6.45) is 31.6. The first kappa shape index (κ1) is 38.3. The maximum absolute atomic E-state index is 12.0. The summed E-state index contributed by atoms with van der Waals surface area (Å²) in [5.41, 5.74) is 0. The number of carbonyl (C=O) groups excluding carboxylic acids is 2. The van der Waals surface area contributed by atoms with Gasteiger partial charge in [0.25, 0.3) is 0 Å². The van der Waals surface area contributed by atoms with Gasteiger partial charge in [-0.05, 0) is 62.2 Å². The third kappa shape index (κ3) is 18.1. The molecule has 0 N–H and O–H groups in total. The zero-order valence-corrected chi connectivity index (χ0v) is 29.4. The van der Waals surface area contributed by atoms with Crippen molar-refractivity contribution in [1.82, 2.24) is 0 Å². The summed E-state index contributed by atoms with van der Waals surface area (Å²) in [7, 11) is 0. The zero-order chi connectivity index (χ0) is 32.0. The minimum Gasteiger partial charge on any atom is -0.463 e. The quantitative estimate of drug-likeness (QED) is 0.0463. The summed E-state index contributed by atoms with van der Waals surface area (Å²) < 4.78 is 20.9. The molecule has 6 nitrogen and oxygen atoms in total. The van der Waals surface area contributed by atoms with Gasteiger partial charge < -0.3 is 18.9 Å². The van der Waals surface area contributed by atoms with Crippen LogP contribution in [-0.2, 0) is 28.5 Å². The summed E-state index contributed by atoms with van der Waals surface area (Å²) in [6, 6.07) is 0. The molecule has 6 heteroatoms. The fraction of sp³-hybridized carbons (Fsp3) is 0.949. The predicted molar refractivity (Wildman–Crippen MR) is 182 cm³/mol. The van der Waals surface area contributed by atoms with Crippen molar-refractivity contribution < 1.29 is 28.5 Å². The lowest BCUT2D eigenvalue weighted by atomic mass is 9.61. The Labute approximate surface area is 276 Å². The Morgan fingerprint density at radius 3 is 1.31 bits per heavy atom. The Balaban J connectivity index is 1.42. The topological polar surface area (TPSA) is 77.7 Å². The second kappa shape index (κ2) is 24.1. The van der Waals surface area contributed by atoms with Crippen molar-refractivity contribution in [3.63, 3.8) is 0 Å². The minimum atomic E-state index is -0.0601. The normalized spacial score (nSPS) is 25.6. The molecule has 262 valence electrons. The van der Waals surface area contributed by atoms with Crippen LogP contribution >= 0.6 is 0 Å². The van der Waals surface area contributed by atoms with Crippen LogP contribution in [0.15, 0.2) is 0 Å². The molecular formula is C39H70O6. The molecule has 3 rings (SSSR count). The first-order valence-electron chi connectivity index (χ1n) is 19.6. The molecule has 6 unspecified atom stereocenters. The van der Waals surface area contributed by atoms with Gasteiger partial charge in [0.05, 0.1) is 13.2 Å². The fourth-order valence-electron chi connectivity index (χ4n) is 7.87. The number of carbonyl (C=O) groups is 2. The summed E-state index contributed by atoms with van der Waals surface area (Å²) in [6.45, 7) is 7.01. The van der Waals surface area contributed by atoms with E-state index < -0.39 is 0 Å². The molecule has 0 aromatic carbocycles. The van der Waals surface area contributed by atoms with Gasteiger partial charge in [0.1, 0.15) is 25.4 Å². The Kier molecular flexibility index (Phi) is 20.5. The molecule has 0 amide bonds. The molecule has 0 aromatic heterocycles. The molecule has 2 saturated heterocycles. The molecule has 0 spiro atoms. The van der Waals surface area contributed by atoms with Gasteiger partial charge >= 0.3 is 11.9 Å². The van der Waals surface area contributed by atoms with Crippen molar-refractivity contribution in [3.8, 4) is 0 Å².